The lowest BCUT2D eigenvalue weighted by molar-refractivity contribution is -0.119. The van der Waals surface area contributed by atoms with Crippen molar-refractivity contribution >= 4 is 17.3 Å². The van der Waals surface area contributed by atoms with E-state index >= 15 is 0 Å². The molecule has 1 aliphatic heterocycles. The van der Waals surface area contributed by atoms with E-state index < -0.39 is 0 Å². The summed E-state index contributed by atoms with van der Waals surface area (Å²) in [5, 5.41) is 6.34. The van der Waals surface area contributed by atoms with Gasteiger partial charge in [0.2, 0.25) is 5.91 Å². The molecule has 19 heavy (non-hydrogen) atoms. The van der Waals surface area contributed by atoms with Gasteiger partial charge in [0.1, 0.15) is 0 Å². The van der Waals surface area contributed by atoms with E-state index in [1.165, 1.54) is 17.7 Å². The molecule has 4 nitrogen and oxygen atoms in total. The molecule has 1 aromatic carbocycles. The van der Waals surface area contributed by atoms with Gasteiger partial charge in [0, 0.05) is 19.6 Å². The Hall–Kier alpha value is -1.71. The van der Waals surface area contributed by atoms with Crippen molar-refractivity contribution in [1.82, 2.24) is 5.32 Å². The van der Waals surface area contributed by atoms with E-state index in [9.17, 15) is 4.79 Å². The van der Waals surface area contributed by atoms with E-state index in [1.54, 1.807) is 0 Å². The van der Waals surface area contributed by atoms with Gasteiger partial charge in [-0.1, -0.05) is 12.1 Å². The maximum absolute atomic E-state index is 11.8. The summed E-state index contributed by atoms with van der Waals surface area (Å²) in [4.78, 5) is 13.9. The number of nitrogens with one attached hydrogen (secondary N) is 2. The Kier molecular flexibility index (Phi) is 4.66. The van der Waals surface area contributed by atoms with Crippen molar-refractivity contribution < 1.29 is 4.79 Å². The number of aryl methyl sites for hydroxylation is 1. The zero-order chi connectivity index (χ0) is 13.7. The van der Waals surface area contributed by atoms with Crippen LogP contribution in [-0.2, 0) is 11.2 Å². The molecule has 2 rings (SSSR count). The van der Waals surface area contributed by atoms with E-state index in [0.717, 1.165) is 25.2 Å². The molecule has 0 atom stereocenters. The number of anilines is 2. The molecule has 104 valence electrons. The number of hydrogen-bond donors (Lipinski definition) is 2. The molecule has 0 fully saturated rings. The number of carbonyl (C=O) groups excluding carboxylic acids is 1. The highest BCUT2D eigenvalue weighted by Crippen LogP contribution is 2.32. The number of fused-ring (bicyclic) bond motifs is 1. The fourth-order valence-corrected chi connectivity index (χ4v) is 2.55. The van der Waals surface area contributed by atoms with Crippen molar-refractivity contribution in [2.24, 2.45) is 0 Å². The zero-order valence-corrected chi connectivity index (χ0v) is 11.8. The molecule has 2 N–H and O–H groups in total. The fraction of sp³-hybridized carbons (Fsp3) is 0.533. The van der Waals surface area contributed by atoms with Gasteiger partial charge in [0.05, 0.1) is 17.9 Å². The van der Waals surface area contributed by atoms with Crippen LogP contribution in [0.3, 0.4) is 0 Å². The highest BCUT2D eigenvalue weighted by atomic mass is 16.2. The topological polar surface area (TPSA) is 44.4 Å². The molecule has 0 bridgehead atoms. The second-order valence-electron chi connectivity index (χ2n) is 4.81. The van der Waals surface area contributed by atoms with Crippen LogP contribution in [-0.4, -0.2) is 32.1 Å². The molecule has 0 aliphatic carbocycles. The Labute approximate surface area is 115 Å². The summed E-state index contributed by atoms with van der Waals surface area (Å²) in [5.41, 5.74) is 3.71. The molecule has 1 aromatic rings. The Morgan fingerprint density at radius 3 is 3.00 bits per heavy atom. The number of benzene rings is 1. The minimum atomic E-state index is 0.0813. The van der Waals surface area contributed by atoms with Gasteiger partial charge in [-0.3, -0.25) is 4.79 Å². The summed E-state index contributed by atoms with van der Waals surface area (Å²) in [5.74, 6) is 0.0813. The Bertz CT molecular complexity index is 445. The molecular weight excluding hydrogens is 238 g/mol. The second kappa shape index (κ2) is 6.45. The fourth-order valence-electron chi connectivity index (χ4n) is 2.55. The molecule has 0 radical (unpaired) electrons. The van der Waals surface area contributed by atoms with Gasteiger partial charge in [-0.2, -0.15) is 0 Å². The minimum absolute atomic E-state index is 0.0813. The van der Waals surface area contributed by atoms with Crippen LogP contribution in [0.5, 0.6) is 0 Å². The first-order valence-corrected chi connectivity index (χ1v) is 7.13. The lowest BCUT2D eigenvalue weighted by Gasteiger charge is -2.29. The molecule has 0 saturated heterocycles. The van der Waals surface area contributed by atoms with Crippen molar-refractivity contribution in [3.05, 3.63) is 23.8 Å². The van der Waals surface area contributed by atoms with Crippen LogP contribution in [0.15, 0.2) is 18.2 Å². The Morgan fingerprint density at radius 2 is 2.26 bits per heavy atom. The number of rotatable bonds is 5. The third-order valence-corrected chi connectivity index (χ3v) is 3.48. The molecular formula is C15H23N3O. The predicted molar refractivity (Wildman–Crippen MR) is 79.8 cm³/mol. The summed E-state index contributed by atoms with van der Waals surface area (Å²) < 4.78 is 0. The average molecular weight is 261 g/mol. The van der Waals surface area contributed by atoms with Crippen LogP contribution in [0, 0.1) is 0 Å². The van der Waals surface area contributed by atoms with Gasteiger partial charge in [0.25, 0.3) is 0 Å². The average Bonchev–Trinajstić information content (AvgIpc) is 2.44. The van der Waals surface area contributed by atoms with E-state index in [0.29, 0.717) is 13.1 Å². The van der Waals surface area contributed by atoms with E-state index in [-0.39, 0.29) is 5.91 Å². The third kappa shape index (κ3) is 3.19. The maximum atomic E-state index is 11.8. The number of hydrogen-bond acceptors (Lipinski definition) is 3. The first-order chi connectivity index (χ1) is 9.26. The minimum Gasteiger partial charge on any atom is -0.383 e. The first-order valence-electron chi connectivity index (χ1n) is 7.13. The van der Waals surface area contributed by atoms with E-state index in [1.807, 2.05) is 6.92 Å². The van der Waals surface area contributed by atoms with Gasteiger partial charge < -0.3 is 15.5 Å². The van der Waals surface area contributed by atoms with Crippen molar-refractivity contribution in [2.75, 3.05) is 36.4 Å². The quantitative estimate of drug-likeness (QED) is 0.852. The molecule has 0 spiro atoms. The van der Waals surface area contributed by atoms with Crippen LogP contribution >= 0.6 is 0 Å². The largest absolute Gasteiger partial charge is 0.383 e. The summed E-state index contributed by atoms with van der Waals surface area (Å²) in [6.45, 7) is 6.98. The lowest BCUT2D eigenvalue weighted by Crippen LogP contribution is -2.37. The van der Waals surface area contributed by atoms with Gasteiger partial charge in [0.15, 0.2) is 0 Å². The molecule has 0 saturated carbocycles. The molecule has 1 amide bonds. The smallest absolute Gasteiger partial charge is 0.239 e. The Morgan fingerprint density at radius 1 is 1.42 bits per heavy atom. The van der Waals surface area contributed by atoms with Crippen LogP contribution in [0.25, 0.3) is 0 Å². The van der Waals surface area contributed by atoms with Gasteiger partial charge in [-0.25, -0.2) is 0 Å². The number of carbonyl (C=O) groups is 1. The standard InChI is InChI=1S/C15H23N3O/c1-3-16-14(19)11-18(4-2)13-9-5-7-12-8-6-10-17-15(12)13/h5,7,9,17H,3-4,6,8,10-11H2,1-2H3,(H,16,19). The monoisotopic (exact) mass is 261 g/mol. The summed E-state index contributed by atoms with van der Waals surface area (Å²) in [6.07, 6.45) is 2.30. The van der Waals surface area contributed by atoms with Gasteiger partial charge in [-0.05, 0) is 38.3 Å². The highest BCUT2D eigenvalue weighted by Gasteiger charge is 2.17. The van der Waals surface area contributed by atoms with Crippen LogP contribution in [0.1, 0.15) is 25.8 Å². The molecule has 0 unspecified atom stereocenters. The summed E-state index contributed by atoms with van der Waals surface area (Å²) in [6, 6.07) is 6.35. The van der Waals surface area contributed by atoms with Crippen LogP contribution < -0.4 is 15.5 Å². The van der Waals surface area contributed by atoms with E-state index in [2.05, 4.69) is 40.7 Å². The van der Waals surface area contributed by atoms with Crippen molar-refractivity contribution in [3.8, 4) is 0 Å². The predicted octanol–water partition coefficient (Wildman–Crippen LogP) is 2.01. The summed E-state index contributed by atoms with van der Waals surface area (Å²) in [7, 11) is 0. The molecule has 4 heteroatoms. The van der Waals surface area contributed by atoms with Gasteiger partial charge >= 0.3 is 0 Å². The number of amides is 1. The highest BCUT2D eigenvalue weighted by molar-refractivity contribution is 5.84. The SMILES string of the molecule is CCNC(=O)CN(CC)c1cccc2c1NCCC2. The summed E-state index contributed by atoms with van der Waals surface area (Å²) >= 11 is 0. The van der Waals surface area contributed by atoms with Crippen molar-refractivity contribution in [2.45, 2.75) is 26.7 Å². The lowest BCUT2D eigenvalue weighted by atomic mass is 10.0. The number of likely N-dealkylation sites (N-methyl/N-ethyl adjacent to an activating group) is 2. The molecule has 0 aromatic heterocycles. The number of nitrogens with zero attached hydrogens (tertiary/aromatic N) is 1. The van der Waals surface area contributed by atoms with Crippen LogP contribution in [0.2, 0.25) is 0 Å². The zero-order valence-electron chi connectivity index (χ0n) is 11.8. The maximum Gasteiger partial charge on any atom is 0.239 e. The normalized spacial score (nSPS) is 13.4. The molecule has 1 aliphatic rings. The number of para-hydroxylation sites is 1. The Balaban J connectivity index is 2.20. The van der Waals surface area contributed by atoms with Gasteiger partial charge in [-0.15, -0.1) is 0 Å². The van der Waals surface area contributed by atoms with Crippen LogP contribution in [0.4, 0.5) is 11.4 Å². The second-order valence-corrected chi connectivity index (χ2v) is 4.81. The molecule has 1 heterocycles. The van der Waals surface area contributed by atoms with Crippen molar-refractivity contribution in [1.29, 1.82) is 0 Å². The van der Waals surface area contributed by atoms with Crippen molar-refractivity contribution in [3.63, 3.8) is 0 Å². The van der Waals surface area contributed by atoms with E-state index in [4.69, 9.17) is 0 Å². The first kappa shape index (κ1) is 13.7. The third-order valence-electron chi connectivity index (χ3n) is 3.48.